The molecule has 0 bridgehead atoms. The van der Waals surface area contributed by atoms with Crippen LogP contribution in [0.15, 0.2) is 42.5 Å². The number of aliphatic hydroxyl groups excluding tert-OH is 1. The molecule has 2 aromatic carbocycles. The van der Waals surface area contributed by atoms with Crippen LogP contribution in [-0.2, 0) is 19.4 Å². The Morgan fingerprint density at radius 1 is 1.14 bits per heavy atom. The number of nitrogens with zero attached hydrogens (tertiary/aromatic N) is 3. The first kappa shape index (κ1) is 20.4. The van der Waals surface area contributed by atoms with Crippen LogP contribution in [0.3, 0.4) is 0 Å². The van der Waals surface area contributed by atoms with Crippen molar-refractivity contribution in [3.05, 3.63) is 59.4 Å². The lowest BCUT2D eigenvalue weighted by Crippen LogP contribution is -2.19. The van der Waals surface area contributed by atoms with Gasteiger partial charge in [0.2, 0.25) is 0 Å². The molecule has 3 rings (SSSR count). The molecule has 5 heteroatoms. The van der Waals surface area contributed by atoms with Crippen molar-refractivity contribution >= 4 is 16.7 Å². The summed E-state index contributed by atoms with van der Waals surface area (Å²) in [5.74, 6) is 1.09. The van der Waals surface area contributed by atoms with Crippen molar-refractivity contribution < 1.29 is 5.11 Å². The molecule has 0 radical (unpaired) electrons. The molecular formula is C23H32N4O. The fourth-order valence-electron chi connectivity index (χ4n) is 3.60. The fraction of sp³-hybridized carbons (Fsp3) is 0.435. The predicted octanol–water partition coefficient (Wildman–Crippen LogP) is 3.54. The average Bonchev–Trinajstić information content (AvgIpc) is 3.02. The number of likely N-dealkylation sites (N-methyl/N-ethyl adjacent to an activating group) is 1. The van der Waals surface area contributed by atoms with Gasteiger partial charge in [0.15, 0.2) is 0 Å². The predicted molar refractivity (Wildman–Crippen MR) is 117 cm³/mol. The second-order valence-electron chi connectivity index (χ2n) is 7.74. The second kappa shape index (κ2) is 9.22. The molecule has 150 valence electrons. The van der Waals surface area contributed by atoms with Gasteiger partial charge in [0, 0.05) is 37.8 Å². The van der Waals surface area contributed by atoms with E-state index in [9.17, 15) is 5.11 Å². The minimum absolute atomic E-state index is 0.320. The normalized spacial score (nSPS) is 12.6. The van der Waals surface area contributed by atoms with E-state index >= 15 is 0 Å². The van der Waals surface area contributed by atoms with E-state index in [1.807, 2.05) is 20.0 Å². The van der Waals surface area contributed by atoms with Crippen LogP contribution < -0.4 is 5.32 Å². The maximum atomic E-state index is 9.80. The number of benzene rings is 2. The number of aryl methyl sites for hydroxylation is 1. The molecule has 2 N–H and O–H groups in total. The lowest BCUT2D eigenvalue weighted by atomic mass is 10.0. The number of aliphatic hydroxyl groups is 1. The lowest BCUT2D eigenvalue weighted by molar-refractivity contribution is 0.185. The third-order valence-electron chi connectivity index (χ3n) is 5.16. The molecule has 0 spiro atoms. The van der Waals surface area contributed by atoms with Gasteiger partial charge in [-0.25, -0.2) is 4.98 Å². The number of hydrogen-bond donors (Lipinski definition) is 2. The number of rotatable bonds is 9. The molecule has 0 fully saturated rings. The van der Waals surface area contributed by atoms with Crippen molar-refractivity contribution in [1.82, 2.24) is 14.5 Å². The van der Waals surface area contributed by atoms with E-state index in [0.29, 0.717) is 0 Å². The molecule has 5 nitrogen and oxygen atoms in total. The first-order chi connectivity index (χ1) is 13.5. The monoisotopic (exact) mass is 380 g/mol. The largest absolute Gasteiger partial charge is 0.393 e. The zero-order chi connectivity index (χ0) is 20.1. The molecule has 0 amide bonds. The SMILES string of the molecule is CNc1ccc2c(nc(Cc3ccccc3)n2CCN(C)C)c1CCC(C)O. The Morgan fingerprint density at radius 3 is 2.54 bits per heavy atom. The lowest BCUT2D eigenvalue weighted by Gasteiger charge is -2.14. The van der Waals surface area contributed by atoms with Crippen molar-refractivity contribution in [3.8, 4) is 0 Å². The summed E-state index contributed by atoms with van der Waals surface area (Å²) >= 11 is 0. The van der Waals surface area contributed by atoms with Crippen LogP contribution in [-0.4, -0.2) is 53.3 Å². The van der Waals surface area contributed by atoms with Crippen molar-refractivity contribution in [2.24, 2.45) is 0 Å². The summed E-state index contributed by atoms with van der Waals surface area (Å²) < 4.78 is 2.35. The number of nitrogens with one attached hydrogen (secondary N) is 1. The highest BCUT2D eigenvalue weighted by Crippen LogP contribution is 2.29. The van der Waals surface area contributed by atoms with Gasteiger partial charge in [-0.2, -0.15) is 0 Å². The molecular weight excluding hydrogens is 348 g/mol. The average molecular weight is 381 g/mol. The van der Waals surface area contributed by atoms with Gasteiger partial charge in [0.05, 0.1) is 17.1 Å². The first-order valence-corrected chi connectivity index (χ1v) is 10.0. The minimum atomic E-state index is -0.320. The molecule has 1 aromatic heterocycles. The van der Waals surface area contributed by atoms with Gasteiger partial charge in [-0.15, -0.1) is 0 Å². The highest BCUT2D eigenvalue weighted by molar-refractivity contribution is 5.85. The van der Waals surface area contributed by atoms with Gasteiger partial charge in [-0.05, 0) is 51.6 Å². The van der Waals surface area contributed by atoms with Gasteiger partial charge in [0.1, 0.15) is 5.82 Å². The number of imidazole rings is 1. The highest BCUT2D eigenvalue weighted by atomic mass is 16.3. The van der Waals surface area contributed by atoms with E-state index in [0.717, 1.165) is 49.4 Å². The fourth-order valence-corrected chi connectivity index (χ4v) is 3.60. The Bertz CT molecular complexity index is 900. The molecule has 0 aliphatic rings. The van der Waals surface area contributed by atoms with E-state index in [1.54, 1.807) is 0 Å². The molecule has 0 aliphatic carbocycles. The number of hydrogen-bond acceptors (Lipinski definition) is 4. The zero-order valence-corrected chi connectivity index (χ0v) is 17.4. The van der Waals surface area contributed by atoms with Crippen molar-refractivity contribution in [2.75, 3.05) is 33.0 Å². The Labute approximate surface area is 168 Å². The van der Waals surface area contributed by atoms with Crippen LogP contribution in [0, 0.1) is 0 Å². The van der Waals surface area contributed by atoms with Gasteiger partial charge in [0.25, 0.3) is 0 Å². The van der Waals surface area contributed by atoms with Crippen molar-refractivity contribution in [3.63, 3.8) is 0 Å². The molecule has 1 atom stereocenters. The Kier molecular flexibility index (Phi) is 6.70. The highest BCUT2D eigenvalue weighted by Gasteiger charge is 2.17. The molecule has 28 heavy (non-hydrogen) atoms. The van der Waals surface area contributed by atoms with Gasteiger partial charge >= 0.3 is 0 Å². The number of aromatic nitrogens is 2. The topological polar surface area (TPSA) is 53.3 Å². The molecule has 1 unspecified atom stereocenters. The van der Waals surface area contributed by atoms with Crippen LogP contribution in [0.1, 0.15) is 30.3 Å². The summed E-state index contributed by atoms with van der Waals surface area (Å²) in [7, 11) is 6.15. The molecule has 3 aromatic rings. The van der Waals surface area contributed by atoms with Crippen LogP contribution in [0.2, 0.25) is 0 Å². The molecule has 1 heterocycles. The summed E-state index contributed by atoms with van der Waals surface area (Å²) in [5.41, 5.74) is 5.78. The summed E-state index contributed by atoms with van der Waals surface area (Å²) in [6.07, 6.45) is 2.03. The third kappa shape index (κ3) is 4.72. The Balaban J connectivity index is 2.08. The summed E-state index contributed by atoms with van der Waals surface area (Å²) in [5, 5.41) is 13.1. The maximum Gasteiger partial charge on any atom is 0.114 e. The van der Waals surface area contributed by atoms with Gasteiger partial charge < -0.3 is 19.9 Å². The first-order valence-electron chi connectivity index (χ1n) is 10.0. The smallest absolute Gasteiger partial charge is 0.114 e. The number of fused-ring (bicyclic) bond motifs is 1. The molecule has 0 aliphatic heterocycles. The summed E-state index contributed by atoms with van der Waals surface area (Å²) in [4.78, 5) is 7.30. The van der Waals surface area contributed by atoms with Gasteiger partial charge in [-0.3, -0.25) is 0 Å². The van der Waals surface area contributed by atoms with Crippen molar-refractivity contribution in [2.45, 2.75) is 38.8 Å². The second-order valence-corrected chi connectivity index (χ2v) is 7.74. The van der Waals surface area contributed by atoms with E-state index in [2.05, 4.69) is 65.3 Å². The Hall–Kier alpha value is -2.37. The number of anilines is 1. The summed E-state index contributed by atoms with van der Waals surface area (Å²) in [6.45, 7) is 3.71. The Morgan fingerprint density at radius 2 is 1.89 bits per heavy atom. The summed E-state index contributed by atoms with van der Waals surface area (Å²) in [6, 6.07) is 14.8. The molecule has 0 saturated carbocycles. The van der Waals surface area contributed by atoms with Gasteiger partial charge in [-0.1, -0.05) is 30.3 Å². The third-order valence-corrected chi connectivity index (χ3v) is 5.16. The van der Waals surface area contributed by atoms with E-state index in [4.69, 9.17) is 4.98 Å². The van der Waals surface area contributed by atoms with Crippen molar-refractivity contribution in [1.29, 1.82) is 0 Å². The van der Waals surface area contributed by atoms with E-state index in [-0.39, 0.29) is 6.10 Å². The standard InChI is InChI=1S/C23H32N4O/c1-17(28)10-11-19-20(24-2)12-13-21-23(19)25-22(27(21)15-14-26(3)4)16-18-8-6-5-7-9-18/h5-9,12-13,17,24,28H,10-11,14-16H2,1-4H3. The van der Waals surface area contributed by atoms with E-state index in [1.165, 1.54) is 16.6 Å². The van der Waals surface area contributed by atoms with Crippen LogP contribution in [0.25, 0.3) is 11.0 Å². The van der Waals surface area contributed by atoms with Crippen LogP contribution >= 0.6 is 0 Å². The molecule has 0 saturated heterocycles. The zero-order valence-electron chi connectivity index (χ0n) is 17.4. The van der Waals surface area contributed by atoms with Crippen LogP contribution in [0.4, 0.5) is 5.69 Å². The maximum absolute atomic E-state index is 9.80. The van der Waals surface area contributed by atoms with E-state index < -0.39 is 0 Å². The minimum Gasteiger partial charge on any atom is -0.393 e. The van der Waals surface area contributed by atoms with Crippen LogP contribution in [0.5, 0.6) is 0 Å². The quantitative estimate of drug-likeness (QED) is 0.596.